The maximum absolute atomic E-state index is 13.4. The summed E-state index contributed by atoms with van der Waals surface area (Å²) in [6, 6.07) is 5.46. The molecule has 0 aliphatic heterocycles. The molecule has 0 unspecified atom stereocenters. The Balaban J connectivity index is 2.17. The Labute approximate surface area is 116 Å². The van der Waals surface area contributed by atoms with Gasteiger partial charge in [-0.1, -0.05) is 12.1 Å². The molecule has 1 nitrogen and oxygen atoms in total. The van der Waals surface area contributed by atoms with Gasteiger partial charge >= 0.3 is 6.18 Å². The highest BCUT2D eigenvalue weighted by Crippen LogP contribution is 2.29. The summed E-state index contributed by atoms with van der Waals surface area (Å²) in [6.45, 7) is -0.205. The van der Waals surface area contributed by atoms with Gasteiger partial charge in [0.05, 0.1) is 11.3 Å². The lowest BCUT2D eigenvalue weighted by molar-refractivity contribution is -0.137. The number of halogens is 6. The molecule has 0 aliphatic rings. The van der Waals surface area contributed by atoms with Crippen LogP contribution in [-0.2, 0) is 12.7 Å². The van der Waals surface area contributed by atoms with E-state index in [1.807, 2.05) is 0 Å². The number of hydrogen-bond acceptors (Lipinski definition) is 1. The van der Waals surface area contributed by atoms with Crippen LogP contribution in [0.5, 0.6) is 0 Å². The van der Waals surface area contributed by atoms with Gasteiger partial charge in [0.2, 0.25) is 0 Å². The van der Waals surface area contributed by atoms with E-state index in [-0.39, 0.29) is 12.1 Å². The normalized spacial score (nSPS) is 11.5. The van der Waals surface area contributed by atoms with Gasteiger partial charge in [0.1, 0.15) is 5.82 Å². The second-order valence-electron chi connectivity index (χ2n) is 4.30. The van der Waals surface area contributed by atoms with Crippen molar-refractivity contribution in [2.75, 3.05) is 5.32 Å². The van der Waals surface area contributed by atoms with Gasteiger partial charge in [0.15, 0.2) is 11.6 Å². The molecule has 0 bridgehead atoms. The molecule has 0 heterocycles. The van der Waals surface area contributed by atoms with Crippen molar-refractivity contribution < 1.29 is 26.3 Å². The predicted octanol–water partition coefficient (Wildman–Crippen LogP) is 4.73. The summed E-state index contributed by atoms with van der Waals surface area (Å²) < 4.78 is 76.9. The largest absolute Gasteiger partial charge is 0.416 e. The smallest absolute Gasteiger partial charge is 0.378 e. The van der Waals surface area contributed by atoms with Crippen molar-refractivity contribution >= 4 is 5.69 Å². The Morgan fingerprint density at radius 2 is 1.67 bits per heavy atom. The van der Waals surface area contributed by atoms with Crippen molar-refractivity contribution in [2.24, 2.45) is 0 Å². The van der Waals surface area contributed by atoms with E-state index in [0.717, 1.165) is 18.2 Å². The molecule has 0 saturated carbocycles. The van der Waals surface area contributed by atoms with E-state index in [1.54, 1.807) is 0 Å². The monoisotopic (exact) mass is 305 g/mol. The molecule has 2 aromatic carbocycles. The van der Waals surface area contributed by atoms with Crippen LogP contribution >= 0.6 is 0 Å². The van der Waals surface area contributed by atoms with Crippen LogP contribution in [-0.4, -0.2) is 0 Å². The number of nitrogens with one attached hydrogen (secondary N) is 1. The molecule has 0 aromatic heterocycles. The lowest BCUT2D eigenvalue weighted by Crippen LogP contribution is -2.07. The lowest BCUT2D eigenvalue weighted by atomic mass is 10.1. The zero-order valence-electron chi connectivity index (χ0n) is 10.4. The quantitative estimate of drug-likeness (QED) is 0.638. The first kappa shape index (κ1) is 15.2. The van der Waals surface area contributed by atoms with E-state index in [0.29, 0.717) is 6.07 Å². The zero-order chi connectivity index (χ0) is 15.6. The minimum Gasteiger partial charge on any atom is -0.378 e. The van der Waals surface area contributed by atoms with E-state index in [1.165, 1.54) is 12.1 Å². The molecule has 0 fully saturated rings. The second-order valence-corrected chi connectivity index (χ2v) is 4.30. The molecule has 7 heteroatoms. The summed E-state index contributed by atoms with van der Waals surface area (Å²) in [7, 11) is 0. The van der Waals surface area contributed by atoms with Crippen LogP contribution in [0.1, 0.15) is 11.1 Å². The molecular formula is C14H9F6N. The third-order valence-corrected chi connectivity index (χ3v) is 2.73. The molecule has 2 rings (SSSR count). The molecule has 0 saturated heterocycles. The van der Waals surface area contributed by atoms with Gasteiger partial charge < -0.3 is 5.32 Å². The van der Waals surface area contributed by atoms with Crippen molar-refractivity contribution in [3.05, 3.63) is 65.0 Å². The molecule has 1 N–H and O–H groups in total. The minimum absolute atomic E-state index is 0.203. The summed E-state index contributed by atoms with van der Waals surface area (Å²) in [6.07, 6.45) is -4.49. The average molecular weight is 305 g/mol. The molecule has 0 aliphatic carbocycles. The molecule has 21 heavy (non-hydrogen) atoms. The van der Waals surface area contributed by atoms with Crippen LogP contribution in [0, 0.1) is 17.5 Å². The van der Waals surface area contributed by atoms with Gasteiger partial charge in [0.25, 0.3) is 0 Å². The van der Waals surface area contributed by atoms with Crippen molar-refractivity contribution in [2.45, 2.75) is 12.7 Å². The highest BCUT2D eigenvalue weighted by atomic mass is 19.4. The fourth-order valence-corrected chi connectivity index (χ4v) is 1.74. The maximum atomic E-state index is 13.4. The molecule has 0 spiro atoms. The summed E-state index contributed by atoms with van der Waals surface area (Å²) in [4.78, 5) is 0. The first-order valence-electron chi connectivity index (χ1n) is 5.82. The molecule has 112 valence electrons. The molecule has 0 atom stereocenters. The Bertz CT molecular complexity index is 650. The molecule has 2 aromatic rings. The van der Waals surface area contributed by atoms with Gasteiger partial charge in [0, 0.05) is 18.7 Å². The van der Waals surface area contributed by atoms with E-state index in [4.69, 9.17) is 0 Å². The van der Waals surface area contributed by atoms with E-state index < -0.39 is 34.9 Å². The fraction of sp³-hybridized carbons (Fsp3) is 0.143. The van der Waals surface area contributed by atoms with Crippen LogP contribution in [0.3, 0.4) is 0 Å². The third-order valence-electron chi connectivity index (χ3n) is 2.73. The van der Waals surface area contributed by atoms with Gasteiger partial charge in [-0.15, -0.1) is 0 Å². The second kappa shape index (κ2) is 5.67. The van der Waals surface area contributed by atoms with Gasteiger partial charge in [-0.25, -0.2) is 13.2 Å². The van der Waals surface area contributed by atoms with E-state index >= 15 is 0 Å². The lowest BCUT2D eigenvalue weighted by Gasteiger charge is -2.11. The van der Waals surface area contributed by atoms with E-state index in [2.05, 4.69) is 5.32 Å². The Hall–Kier alpha value is -2.18. The number of hydrogen-bond donors (Lipinski definition) is 1. The third kappa shape index (κ3) is 3.68. The Morgan fingerprint density at radius 1 is 0.952 bits per heavy atom. The van der Waals surface area contributed by atoms with E-state index in [9.17, 15) is 26.3 Å². The maximum Gasteiger partial charge on any atom is 0.416 e. The fourth-order valence-electron chi connectivity index (χ4n) is 1.74. The highest BCUT2D eigenvalue weighted by Gasteiger charge is 2.30. The SMILES string of the molecule is Fc1cc(F)c(F)c(NCc2cccc(C(F)(F)F)c2)c1. The van der Waals surface area contributed by atoms with Gasteiger partial charge in [-0.05, 0) is 17.7 Å². The summed E-state index contributed by atoms with van der Waals surface area (Å²) in [5.41, 5.74) is -1.11. The molecular weight excluding hydrogens is 296 g/mol. The van der Waals surface area contributed by atoms with Gasteiger partial charge in [-0.3, -0.25) is 0 Å². The first-order chi connectivity index (χ1) is 9.77. The average Bonchev–Trinajstić information content (AvgIpc) is 2.40. The first-order valence-corrected chi connectivity index (χ1v) is 5.82. The summed E-state index contributed by atoms with van der Waals surface area (Å²) in [5.74, 6) is -3.65. The number of alkyl halides is 3. The Morgan fingerprint density at radius 3 is 2.33 bits per heavy atom. The number of benzene rings is 2. The topological polar surface area (TPSA) is 12.0 Å². The van der Waals surface area contributed by atoms with Crippen molar-refractivity contribution in [3.8, 4) is 0 Å². The molecule has 0 radical (unpaired) electrons. The summed E-state index contributed by atoms with van der Waals surface area (Å²) in [5, 5.41) is 2.37. The number of anilines is 1. The molecule has 0 amide bonds. The van der Waals surface area contributed by atoms with Crippen LogP contribution in [0.15, 0.2) is 36.4 Å². The van der Waals surface area contributed by atoms with Crippen LogP contribution in [0.4, 0.5) is 32.0 Å². The van der Waals surface area contributed by atoms with Gasteiger partial charge in [-0.2, -0.15) is 13.2 Å². The van der Waals surface area contributed by atoms with Crippen molar-refractivity contribution in [1.82, 2.24) is 0 Å². The predicted molar refractivity (Wildman–Crippen MR) is 65.1 cm³/mol. The zero-order valence-corrected chi connectivity index (χ0v) is 10.4. The Kier molecular flexibility index (Phi) is 4.11. The van der Waals surface area contributed by atoms with Crippen LogP contribution < -0.4 is 5.32 Å². The number of rotatable bonds is 3. The minimum atomic E-state index is -4.49. The van der Waals surface area contributed by atoms with Crippen molar-refractivity contribution in [1.29, 1.82) is 0 Å². The highest BCUT2D eigenvalue weighted by molar-refractivity contribution is 5.46. The van der Waals surface area contributed by atoms with Crippen molar-refractivity contribution in [3.63, 3.8) is 0 Å². The summed E-state index contributed by atoms with van der Waals surface area (Å²) >= 11 is 0. The van der Waals surface area contributed by atoms with Crippen LogP contribution in [0.2, 0.25) is 0 Å². The van der Waals surface area contributed by atoms with Crippen LogP contribution in [0.25, 0.3) is 0 Å². The standard InChI is InChI=1S/C14H9F6N/c15-10-5-11(16)13(17)12(6-10)21-7-8-2-1-3-9(4-8)14(18,19)20/h1-6,21H,7H2.